The molecule has 1 saturated carbocycles. The van der Waals surface area contributed by atoms with Gasteiger partial charge < -0.3 is 19.9 Å². The quantitative estimate of drug-likeness (QED) is 0.728. The van der Waals surface area contributed by atoms with Crippen LogP contribution in [0.2, 0.25) is 0 Å². The van der Waals surface area contributed by atoms with Gasteiger partial charge in [-0.25, -0.2) is 4.39 Å². The van der Waals surface area contributed by atoms with Gasteiger partial charge in [0, 0.05) is 32.7 Å². The summed E-state index contributed by atoms with van der Waals surface area (Å²) >= 11 is 0. The molecule has 0 atom stereocenters. The number of nitrogens with one attached hydrogen (secondary N) is 1. The van der Waals surface area contributed by atoms with Crippen LogP contribution in [-0.4, -0.2) is 66.7 Å². The Morgan fingerprint density at radius 2 is 1.90 bits per heavy atom. The van der Waals surface area contributed by atoms with Gasteiger partial charge in [0.25, 0.3) is 11.8 Å². The SMILES string of the molecule is COc1ccc(F)cc1C(=O)N1CCN(c2ccc(C(=O)NCCC3CC3)nn2)CC1. The highest BCUT2D eigenvalue weighted by molar-refractivity contribution is 5.97. The standard InChI is InChI=1S/C22H26FN5O3/c1-31-19-6-4-16(23)14-17(19)22(30)28-12-10-27(11-13-28)20-7-5-18(25-26-20)21(29)24-9-8-15-2-3-15/h4-7,14-15H,2-3,8-13H2,1H3,(H,24,29). The Morgan fingerprint density at radius 1 is 1.13 bits per heavy atom. The molecule has 31 heavy (non-hydrogen) atoms. The number of hydrogen-bond acceptors (Lipinski definition) is 6. The van der Waals surface area contributed by atoms with E-state index in [1.54, 1.807) is 17.0 Å². The zero-order chi connectivity index (χ0) is 21.8. The largest absolute Gasteiger partial charge is 0.496 e. The number of carbonyl (C=O) groups is 2. The molecular weight excluding hydrogens is 401 g/mol. The molecule has 0 bridgehead atoms. The summed E-state index contributed by atoms with van der Waals surface area (Å²) in [4.78, 5) is 28.6. The molecule has 2 aliphatic rings. The van der Waals surface area contributed by atoms with E-state index in [2.05, 4.69) is 15.5 Å². The van der Waals surface area contributed by atoms with Crippen LogP contribution in [0.3, 0.4) is 0 Å². The maximum Gasteiger partial charge on any atom is 0.271 e. The Bertz CT molecular complexity index is 941. The van der Waals surface area contributed by atoms with Crippen LogP contribution >= 0.6 is 0 Å². The minimum absolute atomic E-state index is 0.209. The molecule has 2 amide bonds. The van der Waals surface area contributed by atoms with Crippen LogP contribution in [0.15, 0.2) is 30.3 Å². The number of hydrogen-bond donors (Lipinski definition) is 1. The number of ether oxygens (including phenoxy) is 1. The van der Waals surface area contributed by atoms with E-state index in [-0.39, 0.29) is 17.4 Å². The average Bonchev–Trinajstić information content (AvgIpc) is 3.63. The third-order valence-corrected chi connectivity index (χ3v) is 5.70. The summed E-state index contributed by atoms with van der Waals surface area (Å²) in [6.45, 7) is 2.71. The Hall–Kier alpha value is -3.23. The number of nitrogens with zero attached hydrogens (tertiary/aromatic N) is 4. The van der Waals surface area contributed by atoms with Crippen molar-refractivity contribution >= 4 is 17.6 Å². The number of rotatable bonds is 7. The maximum absolute atomic E-state index is 13.6. The van der Waals surface area contributed by atoms with E-state index in [0.29, 0.717) is 50.0 Å². The van der Waals surface area contributed by atoms with Crippen molar-refractivity contribution in [2.75, 3.05) is 44.7 Å². The van der Waals surface area contributed by atoms with Crippen LogP contribution in [0, 0.1) is 11.7 Å². The maximum atomic E-state index is 13.6. The second-order valence-electron chi connectivity index (χ2n) is 7.89. The van der Waals surface area contributed by atoms with E-state index < -0.39 is 5.82 Å². The van der Waals surface area contributed by atoms with Crippen molar-refractivity contribution in [2.45, 2.75) is 19.3 Å². The van der Waals surface area contributed by atoms with Crippen LogP contribution in [0.4, 0.5) is 10.2 Å². The van der Waals surface area contributed by atoms with E-state index in [0.717, 1.165) is 12.3 Å². The number of anilines is 1. The van der Waals surface area contributed by atoms with E-state index >= 15 is 0 Å². The lowest BCUT2D eigenvalue weighted by Gasteiger charge is -2.35. The molecule has 0 unspecified atom stereocenters. The van der Waals surface area contributed by atoms with Crippen LogP contribution < -0.4 is 15.0 Å². The van der Waals surface area contributed by atoms with E-state index in [1.165, 1.54) is 38.2 Å². The Balaban J connectivity index is 1.31. The minimum atomic E-state index is -0.477. The molecule has 1 aromatic carbocycles. The van der Waals surface area contributed by atoms with Gasteiger partial charge in [0.05, 0.1) is 12.7 Å². The number of aromatic nitrogens is 2. The van der Waals surface area contributed by atoms with E-state index in [4.69, 9.17) is 4.74 Å². The molecule has 2 aromatic rings. The average molecular weight is 427 g/mol. The molecule has 4 rings (SSSR count). The molecule has 8 nitrogen and oxygen atoms in total. The first-order valence-corrected chi connectivity index (χ1v) is 10.5. The highest BCUT2D eigenvalue weighted by atomic mass is 19.1. The van der Waals surface area contributed by atoms with Gasteiger partial charge in [-0.05, 0) is 42.7 Å². The highest BCUT2D eigenvalue weighted by Crippen LogP contribution is 2.31. The zero-order valence-electron chi connectivity index (χ0n) is 17.5. The highest BCUT2D eigenvalue weighted by Gasteiger charge is 2.26. The second kappa shape index (κ2) is 9.28. The molecule has 1 saturated heterocycles. The fraction of sp³-hybridized carbons (Fsp3) is 0.455. The molecular formula is C22H26FN5O3. The molecule has 1 aromatic heterocycles. The van der Waals surface area contributed by atoms with Crippen molar-refractivity contribution < 1.29 is 18.7 Å². The first-order valence-electron chi connectivity index (χ1n) is 10.5. The third kappa shape index (κ3) is 5.10. The topological polar surface area (TPSA) is 87.7 Å². The fourth-order valence-electron chi connectivity index (χ4n) is 3.66. The molecule has 1 N–H and O–H groups in total. The number of carbonyl (C=O) groups excluding carboxylic acids is 2. The number of halogens is 1. The molecule has 164 valence electrons. The summed E-state index contributed by atoms with van der Waals surface area (Å²) in [5.41, 5.74) is 0.513. The monoisotopic (exact) mass is 427 g/mol. The van der Waals surface area contributed by atoms with Gasteiger partial charge in [-0.3, -0.25) is 9.59 Å². The molecule has 2 heterocycles. The lowest BCUT2D eigenvalue weighted by Crippen LogP contribution is -2.49. The van der Waals surface area contributed by atoms with Crippen molar-refractivity contribution in [3.05, 3.63) is 47.4 Å². The molecule has 1 aliphatic carbocycles. The van der Waals surface area contributed by atoms with Gasteiger partial charge in [-0.2, -0.15) is 0 Å². The summed E-state index contributed by atoms with van der Waals surface area (Å²) < 4.78 is 18.8. The number of amides is 2. The molecule has 0 spiro atoms. The van der Waals surface area contributed by atoms with Crippen LogP contribution in [0.5, 0.6) is 5.75 Å². The van der Waals surface area contributed by atoms with Crippen LogP contribution in [-0.2, 0) is 0 Å². The van der Waals surface area contributed by atoms with Crippen molar-refractivity contribution in [3.8, 4) is 5.75 Å². The summed E-state index contributed by atoms with van der Waals surface area (Å²) in [7, 11) is 1.46. The fourth-order valence-corrected chi connectivity index (χ4v) is 3.66. The van der Waals surface area contributed by atoms with Gasteiger partial charge in [0.1, 0.15) is 11.6 Å². The minimum Gasteiger partial charge on any atom is -0.496 e. The summed E-state index contributed by atoms with van der Waals surface area (Å²) in [6, 6.07) is 7.37. The molecule has 9 heteroatoms. The number of piperazine rings is 1. The Labute approximate surface area is 180 Å². The smallest absolute Gasteiger partial charge is 0.271 e. The predicted octanol–water partition coefficient (Wildman–Crippen LogP) is 2.12. The lowest BCUT2D eigenvalue weighted by molar-refractivity contribution is 0.0742. The van der Waals surface area contributed by atoms with Gasteiger partial charge in [-0.1, -0.05) is 12.8 Å². The van der Waals surface area contributed by atoms with Gasteiger partial charge in [0.15, 0.2) is 11.5 Å². The Kier molecular flexibility index (Phi) is 6.29. The van der Waals surface area contributed by atoms with Gasteiger partial charge in [0.2, 0.25) is 0 Å². The van der Waals surface area contributed by atoms with Crippen LogP contribution in [0.1, 0.15) is 40.1 Å². The normalized spacial score (nSPS) is 16.2. The molecule has 2 fully saturated rings. The van der Waals surface area contributed by atoms with E-state index in [1.807, 2.05) is 4.90 Å². The summed E-state index contributed by atoms with van der Waals surface area (Å²) in [5.74, 6) is 0.825. The first kappa shape index (κ1) is 21.0. The van der Waals surface area contributed by atoms with Crippen LogP contribution in [0.25, 0.3) is 0 Å². The van der Waals surface area contributed by atoms with E-state index in [9.17, 15) is 14.0 Å². The third-order valence-electron chi connectivity index (χ3n) is 5.70. The Morgan fingerprint density at radius 3 is 2.55 bits per heavy atom. The zero-order valence-corrected chi connectivity index (χ0v) is 17.5. The lowest BCUT2D eigenvalue weighted by atomic mass is 10.1. The second-order valence-corrected chi connectivity index (χ2v) is 7.89. The number of benzene rings is 1. The van der Waals surface area contributed by atoms with Gasteiger partial charge in [-0.15, -0.1) is 10.2 Å². The molecule has 1 aliphatic heterocycles. The van der Waals surface area contributed by atoms with Crippen molar-refractivity contribution in [2.24, 2.45) is 5.92 Å². The predicted molar refractivity (Wildman–Crippen MR) is 113 cm³/mol. The molecule has 0 radical (unpaired) electrons. The summed E-state index contributed by atoms with van der Waals surface area (Å²) in [5, 5.41) is 11.1. The van der Waals surface area contributed by atoms with Crippen molar-refractivity contribution in [1.29, 1.82) is 0 Å². The number of methoxy groups -OCH3 is 1. The van der Waals surface area contributed by atoms with Crippen molar-refractivity contribution in [3.63, 3.8) is 0 Å². The van der Waals surface area contributed by atoms with Gasteiger partial charge >= 0.3 is 0 Å². The summed E-state index contributed by atoms with van der Waals surface area (Å²) in [6.07, 6.45) is 3.54. The van der Waals surface area contributed by atoms with Crippen molar-refractivity contribution in [1.82, 2.24) is 20.4 Å². The first-order chi connectivity index (χ1) is 15.0.